The van der Waals surface area contributed by atoms with Crippen molar-refractivity contribution in [2.24, 2.45) is 7.05 Å². The molecule has 3 heterocycles. The summed E-state index contributed by atoms with van der Waals surface area (Å²) < 4.78 is 69.6. The van der Waals surface area contributed by atoms with Gasteiger partial charge in [-0.05, 0) is 45.4 Å². The van der Waals surface area contributed by atoms with Crippen LogP contribution >= 0.6 is 0 Å². The summed E-state index contributed by atoms with van der Waals surface area (Å²) in [4.78, 5) is 29.2. The smallest absolute Gasteiger partial charge is 0.411 e. The quantitative estimate of drug-likeness (QED) is 0.230. The summed E-state index contributed by atoms with van der Waals surface area (Å²) >= 11 is 0. The molecule has 0 aliphatic carbocycles. The van der Waals surface area contributed by atoms with Crippen LogP contribution in [0, 0.1) is 0 Å². The highest BCUT2D eigenvalue weighted by Gasteiger charge is 2.36. The molecular formula is C28H43N7O9S2. The molecule has 0 spiro atoms. The number of H-pyrrole nitrogens is 1. The third-order valence-electron chi connectivity index (χ3n) is 7.20. The average molecular weight is 686 g/mol. The molecular weight excluding hydrogens is 642 g/mol. The minimum Gasteiger partial charge on any atom is -0.748 e. The molecule has 0 atom stereocenters. The van der Waals surface area contributed by atoms with Crippen LogP contribution in [0.1, 0.15) is 39.8 Å². The van der Waals surface area contributed by atoms with E-state index in [0.717, 1.165) is 12.1 Å². The van der Waals surface area contributed by atoms with Crippen LogP contribution in [0.15, 0.2) is 27.9 Å². The molecule has 2 aromatic heterocycles. The Kier molecular flexibility index (Phi) is 11.9. The topological polar surface area (TPSA) is 206 Å². The number of benzene rings is 1. The van der Waals surface area contributed by atoms with Crippen LogP contribution in [0.25, 0.3) is 22.4 Å². The first-order valence-corrected chi connectivity index (χ1v) is 18.0. The van der Waals surface area contributed by atoms with Crippen molar-refractivity contribution in [3.63, 3.8) is 0 Å². The number of amides is 1. The fourth-order valence-corrected chi connectivity index (χ4v) is 6.39. The summed E-state index contributed by atoms with van der Waals surface area (Å²) in [5.74, 6) is 0.718. The maximum atomic E-state index is 13.8. The molecule has 0 unspecified atom stereocenters. The molecule has 2 N–H and O–H groups in total. The number of aromatic nitrogens is 4. The van der Waals surface area contributed by atoms with E-state index in [1.54, 1.807) is 17.7 Å². The molecule has 1 aliphatic heterocycles. The molecule has 3 aromatic rings. The number of aromatic amines is 1. The van der Waals surface area contributed by atoms with Gasteiger partial charge in [0, 0.05) is 19.3 Å². The van der Waals surface area contributed by atoms with Crippen LogP contribution in [0.5, 0.6) is 5.75 Å². The van der Waals surface area contributed by atoms with E-state index in [1.165, 1.54) is 16.4 Å². The number of piperazine rings is 1. The number of hydrogen-bond donors (Lipinski definition) is 2. The number of rotatable bonds is 10. The number of aryl methyl sites for hydroxylation is 2. The van der Waals surface area contributed by atoms with Crippen LogP contribution in [0.2, 0.25) is 0 Å². The molecule has 1 fully saturated rings. The number of hydrogen-bond acceptors (Lipinski definition) is 11. The second-order valence-corrected chi connectivity index (χ2v) is 14.9. The van der Waals surface area contributed by atoms with Crippen LogP contribution in [0.4, 0.5) is 4.79 Å². The summed E-state index contributed by atoms with van der Waals surface area (Å²) in [5, 5.41) is 9.81. The number of fused-ring (bicyclic) bond motifs is 1. The van der Waals surface area contributed by atoms with Gasteiger partial charge in [0.15, 0.2) is 5.52 Å². The summed E-state index contributed by atoms with van der Waals surface area (Å²) in [7, 11) is -4.08. The van der Waals surface area contributed by atoms with Crippen LogP contribution in [-0.4, -0.2) is 115 Å². The lowest BCUT2D eigenvalue weighted by Gasteiger charge is -2.40. The highest BCUT2D eigenvalue weighted by Crippen LogP contribution is 2.33. The zero-order valence-corrected chi connectivity index (χ0v) is 28.8. The molecule has 1 amide bonds. The van der Waals surface area contributed by atoms with Crippen molar-refractivity contribution in [3.8, 4) is 17.1 Å². The fourth-order valence-electron chi connectivity index (χ4n) is 4.94. The van der Waals surface area contributed by atoms with Gasteiger partial charge in [0.2, 0.25) is 16.8 Å². The van der Waals surface area contributed by atoms with E-state index >= 15 is 0 Å². The molecule has 1 aromatic carbocycles. The van der Waals surface area contributed by atoms with Gasteiger partial charge < -0.3 is 23.9 Å². The Morgan fingerprint density at radius 2 is 1.80 bits per heavy atom. The lowest BCUT2D eigenvalue weighted by atomic mass is 10.1. The number of alkyl carbamates (subject to hydrolysis) is 1. The Balaban J connectivity index is 0.00000107. The molecule has 1 aliphatic rings. The summed E-state index contributed by atoms with van der Waals surface area (Å²) in [6, 6.07) is 4.61. The van der Waals surface area contributed by atoms with Crippen molar-refractivity contribution in [1.29, 1.82) is 0 Å². The van der Waals surface area contributed by atoms with E-state index in [2.05, 4.69) is 20.5 Å². The predicted octanol–water partition coefficient (Wildman–Crippen LogP) is 1.38. The van der Waals surface area contributed by atoms with Crippen molar-refractivity contribution in [3.05, 3.63) is 34.2 Å². The van der Waals surface area contributed by atoms with Gasteiger partial charge in [0.05, 0.1) is 71.6 Å². The third-order valence-corrected chi connectivity index (χ3v) is 9.09. The minimum atomic E-state index is -3.92. The Morgan fingerprint density at radius 3 is 2.37 bits per heavy atom. The second-order valence-electron chi connectivity index (χ2n) is 11.6. The number of carbonyl (C=O) groups is 1. The van der Waals surface area contributed by atoms with Gasteiger partial charge in [-0.1, -0.05) is 13.3 Å². The van der Waals surface area contributed by atoms with Crippen LogP contribution in [0.3, 0.4) is 0 Å². The van der Waals surface area contributed by atoms with Gasteiger partial charge in [-0.15, -0.1) is 0 Å². The normalized spacial score (nSPS) is 15.3. The third kappa shape index (κ3) is 9.25. The van der Waals surface area contributed by atoms with Crippen LogP contribution < -0.4 is 15.6 Å². The first-order chi connectivity index (χ1) is 21.4. The zero-order chi connectivity index (χ0) is 34.4. The Bertz CT molecular complexity index is 1800. The Labute approximate surface area is 269 Å². The van der Waals surface area contributed by atoms with Crippen molar-refractivity contribution in [1.82, 2.24) is 29.4 Å². The van der Waals surface area contributed by atoms with E-state index in [0.29, 0.717) is 59.5 Å². The molecule has 4 rings (SSSR count). The first-order valence-electron chi connectivity index (χ1n) is 14.8. The lowest BCUT2D eigenvalue weighted by Crippen LogP contribution is -2.59. The average Bonchev–Trinajstić information content (AvgIpc) is 3.38. The number of ether oxygens (including phenoxy) is 2. The predicted molar refractivity (Wildman–Crippen MR) is 170 cm³/mol. The molecule has 0 saturated carbocycles. The second kappa shape index (κ2) is 14.9. The maximum absolute atomic E-state index is 13.8. The van der Waals surface area contributed by atoms with Crippen LogP contribution in [-0.2, 0) is 38.3 Å². The summed E-state index contributed by atoms with van der Waals surface area (Å²) in [6.07, 6.45) is 1.66. The van der Waals surface area contributed by atoms with E-state index in [-0.39, 0.29) is 36.3 Å². The number of likely N-dealkylation sites (N-methyl/N-ethyl adjacent to an activating group) is 1. The summed E-state index contributed by atoms with van der Waals surface area (Å²) in [6.45, 7) is 9.54. The van der Waals surface area contributed by atoms with E-state index in [1.807, 2.05) is 34.7 Å². The molecule has 1 saturated heterocycles. The number of sulfonamides is 1. The highest BCUT2D eigenvalue weighted by molar-refractivity contribution is 7.89. The minimum absolute atomic E-state index is 0.0357. The van der Waals surface area contributed by atoms with Gasteiger partial charge in [-0.25, -0.2) is 21.6 Å². The van der Waals surface area contributed by atoms with Crippen molar-refractivity contribution in [2.75, 3.05) is 52.8 Å². The standard InChI is InChI=1S/C27H39N7O6S.CH4O3S/c1-7-9-21-24-23(31-30-21)26(35)29-25(32(24)5)20-16-19(10-11-22(20)39-8-2)41(37,38)33-12-14-34(6,15-13-33)17-40-27(36)28-18(3)4;1-5(2,3)4/h10-11,16,18H,7-9,12-15,17H2,1-6H3,(H-,28,30,31,35,36);1H3,(H,2,3,4). The Hall–Kier alpha value is -3.58. The molecule has 0 bridgehead atoms. The molecule has 46 heavy (non-hydrogen) atoms. The van der Waals surface area contributed by atoms with E-state index in [9.17, 15) is 18.0 Å². The highest BCUT2D eigenvalue weighted by atomic mass is 32.2. The first kappa shape index (κ1) is 36.9. The molecule has 18 heteroatoms. The fraction of sp³-hybridized carbons (Fsp3) is 0.571. The maximum Gasteiger partial charge on any atom is 0.411 e. The number of nitrogens with zero attached hydrogens (tertiary/aromatic N) is 5. The Morgan fingerprint density at radius 1 is 1.17 bits per heavy atom. The zero-order valence-electron chi connectivity index (χ0n) is 27.2. The SMILES string of the molecule is CCCc1[nH]nc2c(=O)nc(-c3cc(S(=O)(=O)N4CC[N+](C)(COC(=O)NC(C)C)CC4)ccc3OCC)n(C)c12.CS(=O)(=O)[O-]. The number of carbonyl (C=O) groups excluding carboxylic acids is 1. The molecule has 16 nitrogen and oxygen atoms in total. The van der Waals surface area contributed by atoms with E-state index in [4.69, 9.17) is 22.4 Å². The number of quaternary nitrogens is 1. The molecule has 0 radical (unpaired) electrons. The molecule has 256 valence electrons. The van der Waals surface area contributed by atoms with Crippen molar-refractivity contribution >= 4 is 37.3 Å². The van der Waals surface area contributed by atoms with Gasteiger partial charge >= 0.3 is 11.7 Å². The number of nitrogens with one attached hydrogen (secondary N) is 2. The lowest BCUT2D eigenvalue weighted by molar-refractivity contribution is -0.928. The monoisotopic (exact) mass is 685 g/mol. The largest absolute Gasteiger partial charge is 0.748 e. The van der Waals surface area contributed by atoms with E-state index < -0.39 is 31.8 Å². The van der Waals surface area contributed by atoms with Crippen molar-refractivity contribution in [2.45, 2.75) is 51.5 Å². The van der Waals surface area contributed by atoms with Gasteiger partial charge in [-0.3, -0.25) is 14.4 Å². The summed E-state index contributed by atoms with van der Waals surface area (Å²) in [5.41, 5.74) is 1.59. The van der Waals surface area contributed by atoms with Gasteiger partial charge in [0.25, 0.3) is 0 Å². The van der Waals surface area contributed by atoms with Crippen molar-refractivity contribution < 1.29 is 40.1 Å². The van der Waals surface area contributed by atoms with Gasteiger partial charge in [-0.2, -0.15) is 14.4 Å². The van der Waals surface area contributed by atoms with Gasteiger partial charge in [0.1, 0.15) is 11.6 Å².